The zero-order chi connectivity index (χ0) is 18.2. The van der Waals surface area contributed by atoms with Gasteiger partial charge in [0.15, 0.2) is 5.96 Å². The van der Waals surface area contributed by atoms with Crippen molar-refractivity contribution in [1.82, 2.24) is 20.9 Å². The number of nitrogens with zero attached hydrogens (tertiary/aromatic N) is 2. The lowest BCUT2D eigenvalue weighted by atomic mass is 10.1. The first-order valence-corrected chi connectivity index (χ1v) is 9.46. The standard InChI is InChI=1S/C18H28BrN5O.HI/c1-13-10-15(19)5-4-14(13)11-22-18(21-3)23-16-6-8-24(9-7-16)12-17(25)20-2;/h4-5,10,16H,6-9,11-12H2,1-3H3,(H,20,25)(H2,21,22,23);1H. The van der Waals surface area contributed by atoms with Crippen molar-refractivity contribution in [3.05, 3.63) is 33.8 Å². The molecule has 146 valence electrons. The van der Waals surface area contributed by atoms with Crippen LogP contribution in [0.2, 0.25) is 0 Å². The highest BCUT2D eigenvalue weighted by Crippen LogP contribution is 2.15. The fraction of sp³-hybridized carbons (Fsp3) is 0.556. The van der Waals surface area contributed by atoms with Crippen LogP contribution >= 0.6 is 39.9 Å². The molecule has 6 nitrogen and oxygen atoms in total. The highest BCUT2D eigenvalue weighted by Gasteiger charge is 2.21. The molecule has 0 bridgehead atoms. The zero-order valence-electron chi connectivity index (χ0n) is 15.6. The van der Waals surface area contributed by atoms with Gasteiger partial charge < -0.3 is 16.0 Å². The van der Waals surface area contributed by atoms with Gasteiger partial charge in [-0.25, -0.2) is 0 Å². The predicted octanol–water partition coefficient (Wildman–Crippen LogP) is 2.25. The van der Waals surface area contributed by atoms with E-state index in [1.807, 2.05) is 0 Å². The fourth-order valence-electron chi connectivity index (χ4n) is 2.94. The number of guanidine groups is 1. The number of halogens is 2. The second-order valence-electron chi connectivity index (χ2n) is 6.36. The van der Waals surface area contributed by atoms with E-state index in [2.05, 4.69) is 66.9 Å². The Balaban J connectivity index is 0.00000338. The molecule has 0 unspecified atom stereocenters. The highest BCUT2D eigenvalue weighted by atomic mass is 127. The van der Waals surface area contributed by atoms with Gasteiger partial charge in [-0.15, -0.1) is 24.0 Å². The molecule has 1 saturated heterocycles. The summed E-state index contributed by atoms with van der Waals surface area (Å²) in [5.74, 6) is 0.904. The van der Waals surface area contributed by atoms with Gasteiger partial charge in [-0.2, -0.15) is 0 Å². The summed E-state index contributed by atoms with van der Waals surface area (Å²) in [6, 6.07) is 6.69. The summed E-state index contributed by atoms with van der Waals surface area (Å²) in [6.07, 6.45) is 2.02. The van der Waals surface area contributed by atoms with Crippen molar-refractivity contribution >= 4 is 51.8 Å². The fourth-order valence-corrected chi connectivity index (χ4v) is 3.42. The lowest BCUT2D eigenvalue weighted by molar-refractivity contribution is -0.122. The number of hydrogen-bond donors (Lipinski definition) is 3. The molecule has 8 heteroatoms. The molecule has 1 heterocycles. The quantitative estimate of drug-likeness (QED) is 0.306. The molecule has 0 saturated carbocycles. The molecule has 2 rings (SSSR count). The number of likely N-dealkylation sites (tertiary alicyclic amines) is 1. The summed E-state index contributed by atoms with van der Waals surface area (Å²) in [6.45, 7) is 5.19. The molecular formula is C18H29BrIN5O. The number of amides is 1. The van der Waals surface area contributed by atoms with Gasteiger partial charge in [0.25, 0.3) is 0 Å². The second kappa shape index (κ2) is 11.8. The molecule has 1 aliphatic heterocycles. The Hall–Kier alpha value is -0.870. The lowest BCUT2D eigenvalue weighted by Gasteiger charge is -2.32. The minimum Gasteiger partial charge on any atom is -0.358 e. The second-order valence-corrected chi connectivity index (χ2v) is 7.28. The first-order chi connectivity index (χ1) is 12.0. The van der Waals surface area contributed by atoms with E-state index in [0.29, 0.717) is 12.6 Å². The Bertz CT molecular complexity index is 618. The van der Waals surface area contributed by atoms with Crippen molar-refractivity contribution < 1.29 is 4.79 Å². The van der Waals surface area contributed by atoms with Crippen LogP contribution in [-0.2, 0) is 11.3 Å². The van der Waals surface area contributed by atoms with Crippen molar-refractivity contribution in [1.29, 1.82) is 0 Å². The summed E-state index contributed by atoms with van der Waals surface area (Å²) in [5.41, 5.74) is 2.51. The number of carbonyl (C=O) groups excluding carboxylic acids is 1. The molecule has 0 spiro atoms. The van der Waals surface area contributed by atoms with Crippen LogP contribution in [0, 0.1) is 6.92 Å². The van der Waals surface area contributed by atoms with E-state index < -0.39 is 0 Å². The van der Waals surface area contributed by atoms with Crippen LogP contribution in [0.25, 0.3) is 0 Å². The van der Waals surface area contributed by atoms with E-state index in [1.54, 1.807) is 14.1 Å². The number of aliphatic imine (C=N–C) groups is 1. The molecule has 1 aliphatic rings. The van der Waals surface area contributed by atoms with E-state index >= 15 is 0 Å². The topological polar surface area (TPSA) is 68.8 Å². The average Bonchev–Trinajstić information content (AvgIpc) is 2.61. The minimum absolute atomic E-state index is 0. The number of hydrogen-bond acceptors (Lipinski definition) is 3. The largest absolute Gasteiger partial charge is 0.358 e. The third kappa shape index (κ3) is 7.40. The molecule has 0 radical (unpaired) electrons. The minimum atomic E-state index is 0. The first kappa shape index (κ1) is 23.2. The Morgan fingerprint density at radius 1 is 1.35 bits per heavy atom. The number of carbonyl (C=O) groups is 1. The Labute approximate surface area is 181 Å². The van der Waals surface area contributed by atoms with Crippen LogP contribution in [0.1, 0.15) is 24.0 Å². The van der Waals surface area contributed by atoms with E-state index in [4.69, 9.17) is 0 Å². The molecule has 1 fully saturated rings. The zero-order valence-corrected chi connectivity index (χ0v) is 19.6. The van der Waals surface area contributed by atoms with E-state index in [1.165, 1.54) is 11.1 Å². The van der Waals surface area contributed by atoms with Gasteiger partial charge in [0, 0.05) is 44.2 Å². The highest BCUT2D eigenvalue weighted by molar-refractivity contribution is 14.0. The van der Waals surface area contributed by atoms with Crippen LogP contribution in [-0.4, -0.2) is 56.5 Å². The third-order valence-corrected chi connectivity index (χ3v) is 5.04. The van der Waals surface area contributed by atoms with Gasteiger partial charge in [0.2, 0.25) is 5.91 Å². The number of benzene rings is 1. The molecule has 0 aliphatic carbocycles. The monoisotopic (exact) mass is 537 g/mol. The molecule has 3 N–H and O–H groups in total. The number of likely N-dealkylation sites (N-methyl/N-ethyl adjacent to an activating group) is 1. The summed E-state index contributed by atoms with van der Waals surface area (Å²) >= 11 is 3.49. The average molecular weight is 538 g/mol. The molecule has 26 heavy (non-hydrogen) atoms. The molecule has 1 aromatic rings. The molecule has 0 atom stereocenters. The van der Waals surface area contributed by atoms with Crippen LogP contribution in [0.5, 0.6) is 0 Å². The first-order valence-electron chi connectivity index (χ1n) is 8.67. The van der Waals surface area contributed by atoms with E-state index in [0.717, 1.165) is 42.9 Å². The van der Waals surface area contributed by atoms with Crippen LogP contribution < -0.4 is 16.0 Å². The maximum atomic E-state index is 11.5. The van der Waals surface area contributed by atoms with Crippen LogP contribution in [0.3, 0.4) is 0 Å². The number of aryl methyl sites for hydroxylation is 1. The number of nitrogens with one attached hydrogen (secondary N) is 3. The van der Waals surface area contributed by atoms with Gasteiger partial charge >= 0.3 is 0 Å². The summed E-state index contributed by atoms with van der Waals surface area (Å²) in [7, 11) is 3.48. The van der Waals surface area contributed by atoms with E-state index in [-0.39, 0.29) is 29.9 Å². The molecule has 1 aromatic carbocycles. The van der Waals surface area contributed by atoms with E-state index in [9.17, 15) is 4.79 Å². The Kier molecular flexibility index (Phi) is 10.5. The van der Waals surface area contributed by atoms with Gasteiger partial charge in [-0.3, -0.25) is 14.7 Å². The number of piperidine rings is 1. The normalized spacial score (nSPS) is 15.9. The molecule has 1 amide bonds. The summed E-state index contributed by atoms with van der Waals surface area (Å²) in [5, 5.41) is 9.57. The summed E-state index contributed by atoms with van der Waals surface area (Å²) < 4.78 is 1.10. The van der Waals surface area contributed by atoms with Gasteiger partial charge in [-0.1, -0.05) is 22.0 Å². The predicted molar refractivity (Wildman–Crippen MR) is 121 cm³/mol. The SMILES string of the molecule is CN=C(NCc1ccc(Br)cc1C)NC1CCN(CC(=O)NC)CC1.I. The van der Waals surface area contributed by atoms with Gasteiger partial charge in [0.1, 0.15) is 0 Å². The van der Waals surface area contributed by atoms with Crippen molar-refractivity contribution in [2.24, 2.45) is 4.99 Å². The van der Waals surface area contributed by atoms with Crippen LogP contribution in [0.4, 0.5) is 0 Å². The van der Waals surface area contributed by atoms with Crippen molar-refractivity contribution in [3.63, 3.8) is 0 Å². The maximum absolute atomic E-state index is 11.5. The third-order valence-electron chi connectivity index (χ3n) is 4.55. The molecule has 0 aromatic heterocycles. The van der Waals surface area contributed by atoms with Gasteiger partial charge in [0.05, 0.1) is 6.54 Å². The van der Waals surface area contributed by atoms with Crippen molar-refractivity contribution in [3.8, 4) is 0 Å². The number of rotatable bonds is 5. The molecular weight excluding hydrogens is 509 g/mol. The van der Waals surface area contributed by atoms with Crippen molar-refractivity contribution in [2.75, 3.05) is 33.7 Å². The van der Waals surface area contributed by atoms with Crippen LogP contribution in [0.15, 0.2) is 27.7 Å². The Morgan fingerprint density at radius 2 is 2.04 bits per heavy atom. The lowest BCUT2D eigenvalue weighted by Crippen LogP contribution is -2.49. The maximum Gasteiger partial charge on any atom is 0.233 e. The summed E-state index contributed by atoms with van der Waals surface area (Å²) in [4.78, 5) is 18.0. The van der Waals surface area contributed by atoms with Gasteiger partial charge in [-0.05, 0) is 43.0 Å². The van der Waals surface area contributed by atoms with Crippen molar-refractivity contribution in [2.45, 2.75) is 32.4 Å². The smallest absolute Gasteiger partial charge is 0.233 e. The Morgan fingerprint density at radius 3 is 2.62 bits per heavy atom.